The molecule has 2 aromatic rings. The number of amides is 1. The fourth-order valence-electron chi connectivity index (χ4n) is 2.68. The van der Waals surface area contributed by atoms with Crippen molar-refractivity contribution in [2.45, 2.75) is 20.3 Å². The Morgan fingerprint density at radius 2 is 2.12 bits per heavy atom. The second-order valence-electron chi connectivity index (χ2n) is 6.36. The van der Waals surface area contributed by atoms with Gasteiger partial charge in [-0.25, -0.2) is 9.78 Å². The number of nitrogens with zero attached hydrogens (tertiary/aromatic N) is 1. The van der Waals surface area contributed by atoms with Crippen molar-refractivity contribution in [2.75, 3.05) is 12.4 Å². The number of hydrogen-bond acceptors (Lipinski definition) is 4. The monoisotopic (exact) mass is 351 g/mol. The van der Waals surface area contributed by atoms with Gasteiger partial charge in [-0.15, -0.1) is 0 Å². The van der Waals surface area contributed by atoms with Gasteiger partial charge in [0, 0.05) is 5.39 Å². The molecule has 0 bridgehead atoms. The van der Waals surface area contributed by atoms with Gasteiger partial charge in [0.2, 0.25) is 5.91 Å². The van der Waals surface area contributed by atoms with Crippen molar-refractivity contribution in [2.24, 2.45) is 5.92 Å². The molecule has 1 aliphatic rings. The molecule has 3 rings (SSSR count). The molecule has 0 saturated carbocycles. The maximum Gasteiger partial charge on any atom is 0.354 e. The van der Waals surface area contributed by atoms with Crippen LogP contribution in [0.4, 0.5) is 5.69 Å². The number of fused-ring (bicyclic) bond motifs is 1. The lowest BCUT2D eigenvalue weighted by molar-refractivity contribution is -0.115. The molecule has 1 atom stereocenters. The number of pyridine rings is 1. The first-order chi connectivity index (χ1) is 12.5. The van der Waals surface area contributed by atoms with E-state index in [9.17, 15) is 9.59 Å². The summed E-state index contributed by atoms with van der Waals surface area (Å²) in [6, 6.07) is 3.42. The summed E-state index contributed by atoms with van der Waals surface area (Å²) in [6.45, 7) is 4.20. The van der Waals surface area contributed by atoms with Crippen LogP contribution < -0.4 is 5.32 Å². The molecule has 6 nitrogen and oxygen atoms in total. The number of methoxy groups -OCH3 is 1. The van der Waals surface area contributed by atoms with Crippen LogP contribution in [0.3, 0.4) is 0 Å². The summed E-state index contributed by atoms with van der Waals surface area (Å²) < 4.78 is 4.69. The number of esters is 1. The van der Waals surface area contributed by atoms with E-state index in [0.29, 0.717) is 22.9 Å². The molecule has 1 aliphatic carbocycles. The molecule has 0 saturated heterocycles. The Bertz CT molecular complexity index is 950. The van der Waals surface area contributed by atoms with Crippen molar-refractivity contribution in [3.05, 3.63) is 59.5 Å². The molecule has 0 fully saturated rings. The highest BCUT2D eigenvalue weighted by atomic mass is 16.5. The van der Waals surface area contributed by atoms with Gasteiger partial charge in [-0.1, -0.05) is 36.8 Å². The van der Waals surface area contributed by atoms with E-state index in [1.807, 2.05) is 12.2 Å². The van der Waals surface area contributed by atoms with Gasteiger partial charge in [-0.2, -0.15) is 0 Å². The number of aromatic nitrogens is 2. The number of rotatable bonds is 4. The van der Waals surface area contributed by atoms with Gasteiger partial charge in [-0.3, -0.25) is 4.79 Å². The zero-order valence-electron chi connectivity index (χ0n) is 15.0. The molecule has 26 heavy (non-hydrogen) atoms. The highest BCUT2D eigenvalue weighted by Crippen LogP contribution is 2.21. The SMILES string of the molecule is COC(=O)c1cc2cc(NC(=O)CC3=CC=C(C)C(C)C=C3)cnc2[nH]1. The zero-order chi connectivity index (χ0) is 18.7. The lowest BCUT2D eigenvalue weighted by Crippen LogP contribution is -2.12. The fourth-order valence-corrected chi connectivity index (χ4v) is 2.68. The number of hydrogen-bond donors (Lipinski definition) is 2. The van der Waals surface area contributed by atoms with Crippen molar-refractivity contribution in [1.82, 2.24) is 9.97 Å². The summed E-state index contributed by atoms with van der Waals surface area (Å²) in [5.74, 6) is -0.208. The minimum absolute atomic E-state index is 0.119. The summed E-state index contributed by atoms with van der Waals surface area (Å²) in [4.78, 5) is 31.0. The lowest BCUT2D eigenvalue weighted by atomic mass is 10.0. The highest BCUT2D eigenvalue weighted by molar-refractivity contribution is 5.97. The topological polar surface area (TPSA) is 84.1 Å². The van der Waals surface area contributed by atoms with Crippen molar-refractivity contribution in [1.29, 1.82) is 0 Å². The molecule has 0 aliphatic heterocycles. The number of carbonyl (C=O) groups excluding carboxylic acids is 2. The molecule has 1 amide bonds. The number of nitrogens with one attached hydrogen (secondary N) is 2. The zero-order valence-corrected chi connectivity index (χ0v) is 15.0. The molecule has 6 heteroatoms. The number of anilines is 1. The second kappa shape index (κ2) is 7.39. The van der Waals surface area contributed by atoms with Crippen LogP contribution in [-0.4, -0.2) is 29.0 Å². The van der Waals surface area contributed by atoms with E-state index >= 15 is 0 Å². The first-order valence-corrected chi connectivity index (χ1v) is 8.38. The Balaban J connectivity index is 1.71. The number of H-pyrrole nitrogens is 1. The van der Waals surface area contributed by atoms with E-state index in [1.54, 1.807) is 18.3 Å². The molecular weight excluding hydrogens is 330 g/mol. The van der Waals surface area contributed by atoms with E-state index in [2.05, 4.69) is 46.0 Å². The molecule has 134 valence electrons. The first-order valence-electron chi connectivity index (χ1n) is 8.38. The summed E-state index contributed by atoms with van der Waals surface area (Å²) in [7, 11) is 1.32. The van der Waals surface area contributed by atoms with E-state index in [-0.39, 0.29) is 12.3 Å². The molecule has 0 spiro atoms. The van der Waals surface area contributed by atoms with Crippen LogP contribution in [0, 0.1) is 5.92 Å². The van der Waals surface area contributed by atoms with E-state index in [1.165, 1.54) is 12.7 Å². The van der Waals surface area contributed by atoms with Crippen LogP contribution >= 0.6 is 0 Å². The Labute approximate surface area is 151 Å². The standard InChI is InChI=1S/C20H21N3O3/c1-12-4-6-14(7-5-13(12)2)8-18(24)22-16-9-15-10-17(20(25)26-3)23-19(15)21-11-16/h4-7,9-12H,8H2,1-3H3,(H,21,23)(H,22,24). The van der Waals surface area contributed by atoms with E-state index in [0.717, 1.165) is 11.0 Å². The third kappa shape index (κ3) is 3.91. The van der Waals surface area contributed by atoms with Crippen LogP contribution in [0.15, 0.2) is 53.8 Å². The van der Waals surface area contributed by atoms with Gasteiger partial charge in [0.1, 0.15) is 11.3 Å². The number of ether oxygens (including phenoxy) is 1. The van der Waals surface area contributed by atoms with Gasteiger partial charge >= 0.3 is 5.97 Å². The molecule has 2 heterocycles. The van der Waals surface area contributed by atoms with E-state index < -0.39 is 5.97 Å². The summed E-state index contributed by atoms with van der Waals surface area (Å²) >= 11 is 0. The molecular formula is C20H21N3O3. The smallest absolute Gasteiger partial charge is 0.354 e. The first kappa shape index (κ1) is 17.7. The largest absolute Gasteiger partial charge is 0.464 e. The number of allylic oxidation sites excluding steroid dienone is 5. The van der Waals surface area contributed by atoms with Crippen LogP contribution in [0.1, 0.15) is 30.8 Å². The van der Waals surface area contributed by atoms with Crippen molar-refractivity contribution >= 4 is 28.6 Å². The minimum atomic E-state index is -0.460. The Hall–Kier alpha value is -3.15. The summed E-state index contributed by atoms with van der Waals surface area (Å²) in [5.41, 5.74) is 3.68. The third-order valence-corrected chi connectivity index (χ3v) is 4.40. The quantitative estimate of drug-likeness (QED) is 0.822. The predicted molar refractivity (Wildman–Crippen MR) is 101 cm³/mol. The maximum absolute atomic E-state index is 12.3. The van der Waals surface area contributed by atoms with Gasteiger partial charge in [-0.05, 0) is 30.5 Å². The van der Waals surface area contributed by atoms with E-state index in [4.69, 9.17) is 0 Å². The molecule has 2 N–H and O–H groups in total. The third-order valence-electron chi connectivity index (χ3n) is 4.40. The average molecular weight is 351 g/mol. The van der Waals surface area contributed by atoms with Crippen molar-refractivity contribution in [3.63, 3.8) is 0 Å². The Morgan fingerprint density at radius 1 is 1.31 bits per heavy atom. The molecule has 0 radical (unpaired) electrons. The Kier molecular flexibility index (Phi) is 5.02. The minimum Gasteiger partial charge on any atom is -0.464 e. The Morgan fingerprint density at radius 3 is 2.88 bits per heavy atom. The van der Waals surface area contributed by atoms with Crippen molar-refractivity contribution < 1.29 is 14.3 Å². The fraction of sp³-hybridized carbons (Fsp3) is 0.250. The normalized spacial score (nSPS) is 16.7. The highest BCUT2D eigenvalue weighted by Gasteiger charge is 2.12. The van der Waals surface area contributed by atoms with Crippen LogP contribution in [-0.2, 0) is 9.53 Å². The van der Waals surface area contributed by atoms with Gasteiger partial charge in [0.15, 0.2) is 0 Å². The number of aromatic amines is 1. The maximum atomic E-state index is 12.3. The van der Waals surface area contributed by atoms with Gasteiger partial charge in [0.05, 0.1) is 25.4 Å². The molecule has 0 aromatic carbocycles. The van der Waals surface area contributed by atoms with Crippen LogP contribution in [0.25, 0.3) is 11.0 Å². The molecule has 1 unspecified atom stereocenters. The molecule has 2 aromatic heterocycles. The predicted octanol–water partition coefficient (Wildman–Crippen LogP) is 3.76. The van der Waals surface area contributed by atoms with Gasteiger partial charge < -0.3 is 15.0 Å². The second-order valence-corrected chi connectivity index (χ2v) is 6.36. The van der Waals surface area contributed by atoms with Crippen molar-refractivity contribution in [3.8, 4) is 0 Å². The van der Waals surface area contributed by atoms with Crippen LogP contribution in [0.2, 0.25) is 0 Å². The summed E-state index contributed by atoms with van der Waals surface area (Å²) in [6.07, 6.45) is 9.96. The summed E-state index contributed by atoms with van der Waals surface area (Å²) in [5, 5.41) is 3.58. The van der Waals surface area contributed by atoms with Gasteiger partial charge in [0.25, 0.3) is 0 Å². The number of carbonyl (C=O) groups is 2. The average Bonchev–Trinajstić information content (AvgIpc) is 2.99. The van der Waals surface area contributed by atoms with Crippen LogP contribution in [0.5, 0.6) is 0 Å². The lowest BCUT2D eigenvalue weighted by Gasteiger charge is -2.05.